The Bertz CT molecular complexity index is 841. The lowest BCUT2D eigenvalue weighted by molar-refractivity contribution is 0.102. The fraction of sp³-hybridized carbons (Fsp3) is 0.0625. The molecule has 5 heteroatoms. The summed E-state index contributed by atoms with van der Waals surface area (Å²) < 4.78 is 0.860. The van der Waals surface area contributed by atoms with Gasteiger partial charge < -0.3 is 10.3 Å². The lowest BCUT2D eigenvalue weighted by Crippen LogP contribution is -2.11. The van der Waals surface area contributed by atoms with Crippen molar-refractivity contribution in [3.05, 3.63) is 63.2 Å². The Labute approximate surface area is 135 Å². The molecule has 0 aliphatic rings. The normalized spacial score (nSPS) is 10.8. The van der Waals surface area contributed by atoms with Gasteiger partial charge in [0, 0.05) is 26.6 Å². The highest BCUT2D eigenvalue weighted by Gasteiger charge is 2.13. The zero-order chi connectivity index (χ0) is 15.0. The van der Waals surface area contributed by atoms with Crippen molar-refractivity contribution in [2.75, 3.05) is 5.32 Å². The average molecular weight is 364 g/mol. The zero-order valence-corrected chi connectivity index (χ0v) is 13.5. The van der Waals surface area contributed by atoms with E-state index in [0.717, 1.165) is 26.6 Å². The number of aryl methyl sites for hydroxylation is 1. The molecule has 0 spiro atoms. The number of carbonyl (C=O) groups excluding carboxylic acids is 1. The minimum absolute atomic E-state index is 0.159. The van der Waals surface area contributed by atoms with Crippen LogP contribution in [0.15, 0.2) is 47.1 Å². The molecule has 1 aromatic heterocycles. The number of hydrogen-bond acceptors (Lipinski definition) is 1. The predicted octanol–water partition coefficient (Wildman–Crippen LogP) is 5.14. The minimum Gasteiger partial charge on any atom is -0.360 e. The van der Waals surface area contributed by atoms with Crippen LogP contribution in [0.25, 0.3) is 10.9 Å². The minimum atomic E-state index is -0.159. The number of halogens is 2. The highest BCUT2D eigenvalue weighted by atomic mass is 79.9. The second-order valence-corrected chi connectivity index (χ2v) is 6.12. The van der Waals surface area contributed by atoms with Gasteiger partial charge in [0.05, 0.1) is 11.3 Å². The summed E-state index contributed by atoms with van der Waals surface area (Å²) in [6, 6.07) is 11.2. The summed E-state index contributed by atoms with van der Waals surface area (Å²) in [5, 5.41) is 4.39. The number of hydrogen-bond donors (Lipinski definition) is 2. The smallest absolute Gasteiger partial charge is 0.257 e. The Morgan fingerprint density at radius 2 is 2.05 bits per heavy atom. The lowest BCUT2D eigenvalue weighted by atomic mass is 10.1. The zero-order valence-electron chi connectivity index (χ0n) is 11.2. The van der Waals surface area contributed by atoms with Gasteiger partial charge in [0.1, 0.15) is 0 Å². The monoisotopic (exact) mass is 362 g/mol. The number of H-pyrrole nitrogens is 1. The molecular formula is C16H12BrClN2O. The van der Waals surface area contributed by atoms with Crippen molar-refractivity contribution in [3.8, 4) is 0 Å². The number of amides is 1. The van der Waals surface area contributed by atoms with Crippen LogP contribution in [-0.4, -0.2) is 10.9 Å². The van der Waals surface area contributed by atoms with E-state index in [2.05, 4.69) is 26.2 Å². The summed E-state index contributed by atoms with van der Waals surface area (Å²) in [5.41, 5.74) is 3.31. The van der Waals surface area contributed by atoms with Crippen LogP contribution in [-0.2, 0) is 0 Å². The van der Waals surface area contributed by atoms with Crippen molar-refractivity contribution in [3.63, 3.8) is 0 Å². The number of fused-ring (bicyclic) bond motifs is 1. The van der Waals surface area contributed by atoms with E-state index in [0.29, 0.717) is 10.6 Å². The van der Waals surface area contributed by atoms with Crippen molar-refractivity contribution >= 4 is 50.0 Å². The molecule has 1 amide bonds. The van der Waals surface area contributed by atoms with Crippen molar-refractivity contribution in [1.29, 1.82) is 0 Å². The van der Waals surface area contributed by atoms with E-state index in [4.69, 9.17) is 11.6 Å². The number of carbonyl (C=O) groups is 1. The maximum atomic E-state index is 12.4. The van der Waals surface area contributed by atoms with Crippen molar-refractivity contribution in [1.82, 2.24) is 4.98 Å². The Balaban J connectivity index is 1.94. The third kappa shape index (κ3) is 2.82. The van der Waals surface area contributed by atoms with Crippen LogP contribution < -0.4 is 5.32 Å². The number of nitrogens with one attached hydrogen (secondary N) is 2. The van der Waals surface area contributed by atoms with Crippen molar-refractivity contribution < 1.29 is 4.79 Å². The first-order valence-electron chi connectivity index (χ1n) is 6.39. The van der Waals surface area contributed by atoms with Gasteiger partial charge in [-0.2, -0.15) is 0 Å². The number of rotatable bonds is 2. The molecule has 3 aromatic rings. The first-order valence-corrected chi connectivity index (χ1v) is 7.56. The number of aromatic nitrogens is 1. The first-order chi connectivity index (χ1) is 10.0. The van der Waals surface area contributed by atoms with Crippen LogP contribution in [0.4, 0.5) is 5.69 Å². The van der Waals surface area contributed by atoms with Gasteiger partial charge in [-0.15, -0.1) is 0 Å². The Hall–Kier alpha value is -1.78. The molecule has 3 nitrogen and oxygen atoms in total. The van der Waals surface area contributed by atoms with Crippen molar-refractivity contribution in [2.45, 2.75) is 6.92 Å². The average Bonchev–Trinajstić information content (AvgIpc) is 2.84. The van der Waals surface area contributed by atoms with Gasteiger partial charge in [-0.1, -0.05) is 23.7 Å². The summed E-state index contributed by atoms with van der Waals surface area (Å²) in [5.74, 6) is -0.159. The molecule has 0 fully saturated rings. The summed E-state index contributed by atoms with van der Waals surface area (Å²) in [7, 11) is 0. The molecule has 2 N–H and O–H groups in total. The van der Waals surface area contributed by atoms with E-state index in [-0.39, 0.29) is 5.91 Å². The Kier molecular flexibility index (Phi) is 3.74. The highest BCUT2D eigenvalue weighted by Crippen LogP contribution is 2.26. The Morgan fingerprint density at radius 3 is 2.81 bits per heavy atom. The maximum absolute atomic E-state index is 12.4. The Morgan fingerprint density at radius 1 is 1.24 bits per heavy atom. The molecule has 106 valence electrons. The van der Waals surface area contributed by atoms with E-state index in [9.17, 15) is 4.79 Å². The topological polar surface area (TPSA) is 44.9 Å². The van der Waals surface area contributed by atoms with Crippen LogP contribution in [0.3, 0.4) is 0 Å². The molecule has 0 radical (unpaired) electrons. The molecule has 3 rings (SSSR count). The second kappa shape index (κ2) is 5.54. The molecule has 0 saturated heterocycles. The molecule has 1 heterocycles. The van der Waals surface area contributed by atoms with Crippen LogP contribution >= 0.6 is 27.5 Å². The summed E-state index contributed by atoms with van der Waals surface area (Å²) >= 11 is 9.40. The van der Waals surface area contributed by atoms with Gasteiger partial charge in [0.2, 0.25) is 0 Å². The van der Waals surface area contributed by atoms with Gasteiger partial charge in [0.15, 0.2) is 0 Å². The third-order valence-electron chi connectivity index (χ3n) is 3.26. The van der Waals surface area contributed by atoms with E-state index in [1.807, 2.05) is 31.2 Å². The van der Waals surface area contributed by atoms with Crippen LogP contribution in [0.5, 0.6) is 0 Å². The summed E-state index contributed by atoms with van der Waals surface area (Å²) in [6.07, 6.45) is 1.69. The van der Waals surface area contributed by atoms with E-state index < -0.39 is 0 Å². The van der Waals surface area contributed by atoms with Crippen LogP contribution in [0.2, 0.25) is 5.02 Å². The summed E-state index contributed by atoms with van der Waals surface area (Å²) in [6.45, 7) is 2.00. The number of benzene rings is 2. The molecule has 0 saturated carbocycles. The third-order valence-corrected chi connectivity index (χ3v) is 4.15. The van der Waals surface area contributed by atoms with Crippen molar-refractivity contribution in [2.24, 2.45) is 0 Å². The SMILES string of the molecule is Cc1ccc(NC(=O)c2c[nH]c3cc(Cl)ccc23)c(Br)c1. The molecule has 0 aliphatic carbocycles. The van der Waals surface area contributed by atoms with Crippen LogP contribution in [0, 0.1) is 6.92 Å². The second-order valence-electron chi connectivity index (χ2n) is 4.83. The van der Waals surface area contributed by atoms with Crippen LogP contribution in [0.1, 0.15) is 15.9 Å². The molecule has 0 bridgehead atoms. The fourth-order valence-corrected chi connectivity index (χ4v) is 2.96. The molecular weight excluding hydrogens is 352 g/mol. The van der Waals surface area contributed by atoms with Gasteiger partial charge >= 0.3 is 0 Å². The van der Waals surface area contributed by atoms with Gasteiger partial charge in [0.25, 0.3) is 5.91 Å². The van der Waals surface area contributed by atoms with Gasteiger partial charge in [-0.3, -0.25) is 4.79 Å². The van der Waals surface area contributed by atoms with Gasteiger partial charge in [-0.05, 0) is 52.7 Å². The lowest BCUT2D eigenvalue weighted by Gasteiger charge is -2.07. The first kappa shape index (κ1) is 14.2. The molecule has 0 atom stereocenters. The van der Waals surface area contributed by atoms with Gasteiger partial charge in [-0.25, -0.2) is 0 Å². The predicted molar refractivity (Wildman–Crippen MR) is 90.1 cm³/mol. The molecule has 21 heavy (non-hydrogen) atoms. The fourth-order valence-electron chi connectivity index (χ4n) is 2.20. The molecule has 0 aliphatic heterocycles. The quantitative estimate of drug-likeness (QED) is 0.650. The highest BCUT2D eigenvalue weighted by molar-refractivity contribution is 9.10. The maximum Gasteiger partial charge on any atom is 0.257 e. The largest absolute Gasteiger partial charge is 0.360 e. The number of aromatic amines is 1. The van der Waals surface area contributed by atoms with E-state index >= 15 is 0 Å². The van der Waals surface area contributed by atoms with E-state index in [1.54, 1.807) is 18.3 Å². The number of anilines is 1. The molecule has 2 aromatic carbocycles. The standard InChI is InChI=1S/C16H12BrClN2O/c1-9-2-5-14(13(17)6-9)20-16(21)12-8-19-15-7-10(18)3-4-11(12)15/h2-8,19H,1H3,(H,20,21). The van der Waals surface area contributed by atoms with E-state index in [1.165, 1.54) is 0 Å². The molecule has 0 unspecified atom stereocenters. The summed E-state index contributed by atoms with van der Waals surface area (Å²) in [4.78, 5) is 15.5.